The molecule has 1 heterocycles. The highest BCUT2D eigenvalue weighted by atomic mass is 16.7. The molecule has 1 saturated heterocycles. The Bertz CT molecular complexity index is 420. The highest BCUT2D eigenvalue weighted by Crippen LogP contribution is 2.32. The van der Waals surface area contributed by atoms with E-state index in [9.17, 15) is 4.79 Å². The van der Waals surface area contributed by atoms with Crippen molar-refractivity contribution in [3.05, 3.63) is 29.8 Å². The summed E-state index contributed by atoms with van der Waals surface area (Å²) >= 11 is 0. The number of hydrogen-bond acceptors (Lipinski definition) is 4. The molecule has 2 rings (SSSR count). The number of anilines is 1. The van der Waals surface area contributed by atoms with Gasteiger partial charge in [-0.2, -0.15) is 0 Å². The summed E-state index contributed by atoms with van der Waals surface area (Å²) in [7, 11) is 3.17. The summed E-state index contributed by atoms with van der Waals surface area (Å²) in [6.07, 6.45) is 0. The summed E-state index contributed by atoms with van der Waals surface area (Å²) in [5, 5.41) is 9.09. The highest BCUT2D eigenvalue weighted by molar-refractivity contribution is 5.94. The SMILES string of the molecule is COC1(OC)CN(c2ccccc2C(=O)O)C1. The van der Waals surface area contributed by atoms with Gasteiger partial charge in [-0.25, -0.2) is 4.79 Å². The Morgan fingerprint density at radius 3 is 2.41 bits per heavy atom. The fourth-order valence-electron chi connectivity index (χ4n) is 1.98. The number of aromatic carboxylic acids is 1. The van der Waals surface area contributed by atoms with Gasteiger partial charge in [0.25, 0.3) is 0 Å². The lowest BCUT2D eigenvalue weighted by Crippen LogP contribution is -2.64. The molecule has 0 radical (unpaired) electrons. The molecule has 1 fully saturated rings. The first kappa shape index (κ1) is 11.9. The van der Waals surface area contributed by atoms with Crippen molar-refractivity contribution < 1.29 is 19.4 Å². The number of para-hydroxylation sites is 1. The number of hydrogen-bond donors (Lipinski definition) is 1. The van der Waals surface area contributed by atoms with Crippen molar-refractivity contribution in [3.8, 4) is 0 Å². The van der Waals surface area contributed by atoms with E-state index < -0.39 is 11.8 Å². The number of nitrogens with zero attached hydrogens (tertiary/aromatic N) is 1. The van der Waals surface area contributed by atoms with Crippen LogP contribution in [0.4, 0.5) is 5.69 Å². The number of methoxy groups -OCH3 is 2. The van der Waals surface area contributed by atoms with E-state index in [-0.39, 0.29) is 0 Å². The van der Waals surface area contributed by atoms with E-state index in [1.807, 2.05) is 11.0 Å². The van der Waals surface area contributed by atoms with E-state index >= 15 is 0 Å². The van der Waals surface area contributed by atoms with Crippen LogP contribution in [0.3, 0.4) is 0 Å². The van der Waals surface area contributed by atoms with Crippen LogP contribution in [0.25, 0.3) is 0 Å². The van der Waals surface area contributed by atoms with Crippen molar-refractivity contribution in [2.24, 2.45) is 0 Å². The van der Waals surface area contributed by atoms with E-state index in [0.29, 0.717) is 24.3 Å². The average Bonchev–Trinajstić information content (AvgIpc) is 2.29. The van der Waals surface area contributed by atoms with Crippen molar-refractivity contribution in [2.45, 2.75) is 5.79 Å². The maximum Gasteiger partial charge on any atom is 0.337 e. The van der Waals surface area contributed by atoms with Gasteiger partial charge in [0.15, 0.2) is 0 Å². The predicted octanol–water partition coefficient (Wildman–Crippen LogP) is 1.19. The van der Waals surface area contributed by atoms with Gasteiger partial charge in [-0.1, -0.05) is 12.1 Å². The Balaban J connectivity index is 2.19. The first-order valence-corrected chi connectivity index (χ1v) is 5.29. The molecule has 17 heavy (non-hydrogen) atoms. The van der Waals surface area contributed by atoms with E-state index in [2.05, 4.69) is 0 Å². The zero-order chi connectivity index (χ0) is 12.5. The van der Waals surface area contributed by atoms with E-state index in [0.717, 1.165) is 0 Å². The van der Waals surface area contributed by atoms with Gasteiger partial charge < -0.3 is 19.5 Å². The molecule has 0 spiro atoms. The van der Waals surface area contributed by atoms with Gasteiger partial charge in [0, 0.05) is 14.2 Å². The minimum Gasteiger partial charge on any atom is -0.478 e. The highest BCUT2D eigenvalue weighted by Gasteiger charge is 2.44. The molecule has 1 aliphatic heterocycles. The fourth-order valence-corrected chi connectivity index (χ4v) is 1.98. The Morgan fingerprint density at radius 1 is 1.29 bits per heavy atom. The quantitative estimate of drug-likeness (QED) is 0.797. The second-order valence-electron chi connectivity index (χ2n) is 4.00. The number of benzene rings is 1. The topological polar surface area (TPSA) is 59.0 Å². The lowest BCUT2D eigenvalue weighted by Gasteiger charge is -2.49. The van der Waals surface area contributed by atoms with Gasteiger partial charge in [0.2, 0.25) is 5.79 Å². The van der Waals surface area contributed by atoms with Crippen LogP contribution in [0.5, 0.6) is 0 Å². The summed E-state index contributed by atoms with van der Waals surface area (Å²) in [5.74, 6) is -1.53. The molecular formula is C12H15NO4. The Morgan fingerprint density at radius 2 is 1.88 bits per heavy atom. The zero-order valence-corrected chi connectivity index (χ0v) is 9.84. The monoisotopic (exact) mass is 237 g/mol. The second kappa shape index (κ2) is 4.35. The molecule has 0 saturated carbocycles. The molecule has 0 aromatic heterocycles. The van der Waals surface area contributed by atoms with Crippen molar-refractivity contribution in [3.63, 3.8) is 0 Å². The van der Waals surface area contributed by atoms with Gasteiger partial charge >= 0.3 is 5.97 Å². The summed E-state index contributed by atoms with van der Waals surface area (Å²) in [6.45, 7) is 1.06. The van der Waals surface area contributed by atoms with Crippen LogP contribution in [0.15, 0.2) is 24.3 Å². The van der Waals surface area contributed by atoms with Gasteiger partial charge in [-0.3, -0.25) is 0 Å². The van der Waals surface area contributed by atoms with Gasteiger partial charge in [0.05, 0.1) is 24.3 Å². The third-order valence-corrected chi connectivity index (χ3v) is 3.08. The molecule has 1 aromatic rings. The molecular weight excluding hydrogens is 222 g/mol. The Labute approximate surface area is 99.6 Å². The Kier molecular flexibility index (Phi) is 3.04. The number of carbonyl (C=O) groups is 1. The minimum absolute atomic E-state index is 0.299. The molecule has 1 aromatic carbocycles. The third kappa shape index (κ3) is 1.99. The molecule has 1 N–H and O–H groups in total. The van der Waals surface area contributed by atoms with Crippen molar-refractivity contribution >= 4 is 11.7 Å². The van der Waals surface area contributed by atoms with Crippen LogP contribution < -0.4 is 4.90 Å². The molecule has 0 atom stereocenters. The van der Waals surface area contributed by atoms with E-state index in [1.54, 1.807) is 32.4 Å². The van der Waals surface area contributed by atoms with Crippen LogP contribution in [-0.2, 0) is 9.47 Å². The summed E-state index contributed by atoms with van der Waals surface area (Å²) in [4.78, 5) is 13.0. The molecule has 5 heteroatoms. The maximum absolute atomic E-state index is 11.1. The van der Waals surface area contributed by atoms with Crippen LogP contribution in [0.1, 0.15) is 10.4 Å². The summed E-state index contributed by atoms with van der Waals surface area (Å²) in [5.41, 5.74) is 0.998. The second-order valence-corrected chi connectivity index (χ2v) is 4.00. The molecule has 0 amide bonds. The van der Waals surface area contributed by atoms with Crippen LogP contribution in [0.2, 0.25) is 0 Å². The van der Waals surface area contributed by atoms with Crippen molar-refractivity contribution in [1.29, 1.82) is 0 Å². The van der Waals surface area contributed by atoms with Crippen LogP contribution in [-0.4, -0.2) is 44.2 Å². The maximum atomic E-state index is 11.1. The summed E-state index contributed by atoms with van der Waals surface area (Å²) < 4.78 is 10.5. The van der Waals surface area contributed by atoms with Gasteiger partial charge in [-0.15, -0.1) is 0 Å². The molecule has 0 bridgehead atoms. The summed E-state index contributed by atoms with van der Waals surface area (Å²) in [6, 6.07) is 6.92. The number of carboxylic acid groups (broad SMARTS) is 1. The van der Waals surface area contributed by atoms with E-state index in [4.69, 9.17) is 14.6 Å². The number of carboxylic acids is 1. The normalized spacial score (nSPS) is 17.6. The van der Waals surface area contributed by atoms with E-state index in [1.165, 1.54) is 0 Å². The van der Waals surface area contributed by atoms with Crippen LogP contribution in [0, 0.1) is 0 Å². The molecule has 0 aliphatic carbocycles. The third-order valence-electron chi connectivity index (χ3n) is 3.08. The molecule has 92 valence electrons. The first-order chi connectivity index (χ1) is 8.12. The first-order valence-electron chi connectivity index (χ1n) is 5.29. The smallest absolute Gasteiger partial charge is 0.337 e. The minimum atomic E-state index is -0.923. The fraction of sp³-hybridized carbons (Fsp3) is 0.417. The lowest BCUT2D eigenvalue weighted by molar-refractivity contribution is -0.219. The average molecular weight is 237 g/mol. The molecule has 0 unspecified atom stereocenters. The standard InChI is InChI=1S/C12H15NO4/c1-16-12(17-2)7-13(8-12)10-6-4-3-5-9(10)11(14)15/h3-6H,7-8H2,1-2H3,(H,14,15). The van der Waals surface area contributed by atoms with Crippen molar-refractivity contribution in [2.75, 3.05) is 32.2 Å². The largest absolute Gasteiger partial charge is 0.478 e. The van der Waals surface area contributed by atoms with Crippen LogP contribution >= 0.6 is 0 Å². The molecule has 5 nitrogen and oxygen atoms in total. The number of ether oxygens (including phenoxy) is 2. The zero-order valence-electron chi connectivity index (χ0n) is 9.84. The number of rotatable bonds is 4. The Hall–Kier alpha value is -1.59. The lowest BCUT2D eigenvalue weighted by atomic mass is 10.0. The molecule has 1 aliphatic rings. The van der Waals surface area contributed by atoms with Gasteiger partial charge in [-0.05, 0) is 12.1 Å². The van der Waals surface area contributed by atoms with Gasteiger partial charge in [0.1, 0.15) is 0 Å². The van der Waals surface area contributed by atoms with Crippen molar-refractivity contribution in [1.82, 2.24) is 0 Å². The predicted molar refractivity (Wildman–Crippen MR) is 62.4 cm³/mol.